The normalized spacial score (nSPS) is 16.0. The number of benzene rings is 4. The van der Waals surface area contributed by atoms with Gasteiger partial charge in [0, 0.05) is 74.4 Å². The molecule has 11 nitrogen and oxygen atoms in total. The molecule has 4 aromatic carbocycles. The number of methoxy groups -OCH3 is 1. The molecule has 318 valence electrons. The predicted molar refractivity (Wildman–Crippen MR) is 239 cm³/mol. The van der Waals surface area contributed by atoms with Gasteiger partial charge in [0.25, 0.3) is 0 Å². The van der Waals surface area contributed by atoms with Crippen LogP contribution < -0.4 is 23.7 Å². The first kappa shape index (κ1) is 41.4. The molecule has 1 saturated heterocycles. The summed E-state index contributed by atoms with van der Waals surface area (Å²) < 4.78 is 48.1. The summed E-state index contributed by atoms with van der Waals surface area (Å²) in [7, 11) is 3.77. The van der Waals surface area contributed by atoms with Gasteiger partial charge in [-0.2, -0.15) is 0 Å². The van der Waals surface area contributed by atoms with Crippen LogP contribution in [0, 0.1) is 12.7 Å². The summed E-state index contributed by atoms with van der Waals surface area (Å²) in [5.41, 5.74) is 6.75. The third-order valence-corrected chi connectivity index (χ3v) is 12.2. The Kier molecular flexibility index (Phi) is 12.2. The molecule has 1 fully saturated rings. The second kappa shape index (κ2) is 18.2. The van der Waals surface area contributed by atoms with Gasteiger partial charge in [0.1, 0.15) is 58.8 Å². The van der Waals surface area contributed by atoms with E-state index in [4.69, 9.17) is 56.9 Å². The molecule has 0 spiro atoms. The van der Waals surface area contributed by atoms with Crippen molar-refractivity contribution in [1.29, 1.82) is 0 Å². The molecule has 0 N–H and O–H groups in total. The van der Waals surface area contributed by atoms with E-state index in [0.29, 0.717) is 74.6 Å². The number of hydrogen-bond acceptors (Lipinski definition) is 10. The minimum atomic E-state index is -0.356. The summed E-state index contributed by atoms with van der Waals surface area (Å²) in [6.07, 6.45) is 5.25. The molecule has 14 heteroatoms. The molecule has 3 aliphatic rings. The Hall–Kier alpha value is -5.92. The van der Waals surface area contributed by atoms with Crippen LogP contribution in [-0.4, -0.2) is 95.4 Å². The molecule has 62 heavy (non-hydrogen) atoms. The van der Waals surface area contributed by atoms with Gasteiger partial charge in [0.05, 0.1) is 30.0 Å². The Morgan fingerprint density at radius 2 is 1.68 bits per heavy atom. The topological polar surface area (TPSA) is 95.7 Å². The molecule has 4 bridgehead atoms. The van der Waals surface area contributed by atoms with Gasteiger partial charge in [-0.05, 0) is 85.3 Å². The maximum absolute atomic E-state index is 14.3. The van der Waals surface area contributed by atoms with Crippen molar-refractivity contribution in [3.05, 3.63) is 136 Å². The van der Waals surface area contributed by atoms with Gasteiger partial charge in [-0.3, -0.25) is 4.90 Å². The van der Waals surface area contributed by atoms with E-state index in [0.717, 1.165) is 59.6 Å². The first-order valence-corrected chi connectivity index (χ1v) is 21.3. The summed E-state index contributed by atoms with van der Waals surface area (Å²) >= 11 is 14.5. The lowest BCUT2D eigenvalue weighted by atomic mass is 9.94. The van der Waals surface area contributed by atoms with Gasteiger partial charge in [-0.1, -0.05) is 53.5 Å². The molecule has 0 amide bonds. The second-order valence-electron chi connectivity index (χ2n) is 15.4. The van der Waals surface area contributed by atoms with E-state index in [1.54, 1.807) is 37.8 Å². The quantitative estimate of drug-likeness (QED) is 0.147. The van der Waals surface area contributed by atoms with Crippen LogP contribution in [0.2, 0.25) is 10.2 Å². The molecule has 1 atom stereocenters. The number of nitrogens with zero attached hydrogens (tertiary/aromatic N) is 6. The highest BCUT2D eigenvalue weighted by atomic mass is 35.5. The smallest absolute Gasteiger partial charge is 0.239 e. The number of aromatic nitrogens is 4. The van der Waals surface area contributed by atoms with Crippen LogP contribution in [0.4, 0.5) is 4.39 Å². The Morgan fingerprint density at radius 3 is 2.50 bits per heavy atom. The van der Waals surface area contributed by atoms with Gasteiger partial charge in [0.2, 0.25) is 5.88 Å². The zero-order valence-corrected chi connectivity index (χ0v) is 36.1. The van der Waals surface area contributed by atoms with E-state index >= 15 is 0 Å². The molecule has 0 unspecified atom stereocenters. The van der Waals surface area contributed by atoms with Gasteiger partial charge in [0.15, 0.2) is 5.82 Å². The number of likely N-dealkylation sites (N-methyl/N-ethyl adjacent to an activating group) is 1. The highest BCUT2D eigenvalue weighted by molar-refractivity contribution is 6.35. The van der Waals surface area contributed by atoms with Crippen molar-refractivity contribution in [2.45, 2.75) is 26.1 Å². The number of fused-ring (bicyclic) bond motifs is 7. The summed E-state index contributed by atoms with van der Waals surface area (Å²) in [6.45, 7) is 7.06. The SMILES string of the molecule is COc1ccccc1-c1nccc(COc2ccc3cc2CCOc2nccn4c(Cl)c(-c5ccc(F)cc5)c(c24)-c2ccc(c(Cl)c2C)O[C@H](CN2CCN(C)CC2)CO3)n1. The van der Waals surface area contributed by atoms with E-state index in [-0.39, 0.29) is 31.7 Å². The Morgan fingerprint density at radius 1 is 0.855 bits per heavy atom. The predicted octanol–water partition coefficient (Wildman–Crippen LogP) is 9.48. The van der Waals surface area contributed by atoms with Crippen LogP contribution in [0.5, 0.6) is 28.9 Å². The van der Waals surface area contributed by atoms with Crippen LogP contribution in [0.25, 0.3) is 39.2 Å². The molecular formula is C48H45Cl2FN6O5. The lowest BCUT2D eigenvalue weighted by molar-refractivity contribution is 0.0648. The van der Waals surface area contributed by atoms with Gasteiger partial charge in [-0.25, -0.2) is 19.3 Å². The first-order valence-electron chi connectivity index (χ1n) is 20.5. The molecule has 10 rings (SSSR count). The van der Waals surface area contributed by atoms with Crippen LogP contribution in [0.3, 0.4) is 0 Å². The first-order chi connectivity index (χ1) is 30.2. The van der Waals surface area contributed by atoms with Crippen molar-refractivity contribution in [3.63, 3.8) is 0 Å². The van der Waals surface area contributed by atoms with Crippen molar-refractivity contribution < 1.29 is 28.1 Å². The molecule has 0 aliphatic carbocycles. The van der Waals surface area contributed by atoms with Crippen molar-refractivity contribution in [2.75, 3.05) is 60.1 Å². The van der Waals surface area contributed by atoms with Gasteiger partial charge >= 0.3 is 0 Å². The number of rotatable bonds is 8. The minimum absolute atomic E-state index is 0.191. The van der Waals surface area contributed by atoms with Crippen LogP contribution >= 0.6 is 23.2 Å². The van der Waals surface area contributed by atoms with Gasteiger partial charge < -0.3 is 33.0 Å². The summed E-state index contributed by atoms with van der Waals surface area (Å²) in [5, 5.41) is 0.884. The van der Waals surface area contributed by atoms with Crippen molar-refractivity contribution in [2.24, 2.45) is 0 Å². The molecule has 6 heterocycles. The highest BCUT2D eigenvalue weighted by Gasteiger charge is 2.28. The average Bonchev–Trinajstić information content (AvgIpc) is 3.59. The van der Waals surface area contributed by atoms with Crippen LogP contribution in [0.15, 0.2) is 104 Å². The number of piperazine rings is 1. The minimum Gasteiger partial charge on any atom is -0.496 e. The summed E-state index contributed by atoms with van der Waals surface area (Å²) in [4.78, 5) is 18.8. The fourth-order valence-corrected chi connectivity index (χ4v) is 8.60. The summed E-state index contributed by atoms with van der Waals surface area (Å²) in [5.74, 6) is 3.09. The standard InChI is InChI=1S/C48H45Cl2FN6O5/c1-30-37-13-15-41(44(30)49)62-36(27-56-23-21-55(2)22-24-56)29-60-35-12-14-39(61-28-34-16-18-52-47(54-34)38-6-4-5-7-40(38)58-3)32(26-35)17-25-59-48-45-43(37)42(31-8-10-33(51)11-9-31)46(50)57(45)20-19-53-48/h4-16,18-20,26,36H,17,21-25,27-29H2,1-3H3/t36-/m1/s1. The number of hydrogen-bond donors (Lipinski definition) is 0. The number of ether oxygens (including phenoxy) is 5. The van der Waals surface area contributed by atoms with E-state index < -0.39 is 0 Å². The average molecular weight is 876 g/mol. The largest absolute Gasteiger partial charge is 0.496 e. The van der Waals surface area contributed by atoms with E-state index in [9.17, 15) is 4.39 Å². The van der Waals surface area contributed by atoms with E-state index in [1.807, 2.05) is 72.0 Å². The Balaban J connectivity index is 1.10. The summed E-state index contributed by atoms with van der Waals surface area (Å²) in [6, 6.07) is 25.4. The highest BCUT2D eigenvalue weighted by Crippen LogP contribution is 2.48. The maximum atomic E-state index is 14.3. The van der Waals surface area contributed by atoms with Crippen molar-refractivity contribution >= 4 is 28.7 Å². The number of halogens is 3. The van der Waals surface area contributed by atoms with E-state index in [2.05, 4.69) is 21.8 Å². The zero-order valence-electron chi connectivity index (χ0n) is 34.6. The second-order valence-corrected chi connectivity index (χ2v) is 16.2. The third kappa shape index (κ3) is 8.60. The fourth-order valence-electron chi connectivity index (χ4n) is 8.05. The van der Waals surface area contributed by atoms with Crippen molar-refractivity contribution in [1.82, 2.24) is 29.2 Å². The third-order valence-electron chi connectivity index (χ3n) is 11.4. The van der Waals surface area contributed by atoms with E-state index in [1.165, 1.54) is 12.1 Å². The Bertz CT molecular complexity index is 2720. The molecule has 0 radical (unpaired) electrons. The van der Waals surface area contributed by atoms with Crippen molar-refractivity contribution in [3.8, 4) is 62.5 Å². The Labute approximate surface area is 369 Å². The monoisotopic (exact) mass is 874 g/mol. The zero-order chi connectivity index (χ0) is 42.7. The lowest BCUT2D eigenvalue weighted by Gasteiger charge is -2.34. The molecule has 3 aromatic heterocycles. The van der Waals surface area contributed by atoms with Crippen LogP contribution in [-0.2, 0) is 13.0 Å². The van der Waals surface area contributed by atoms with Crippen LogP contribution in [0.1, 0.15) is 16.8 Å². The molecule has 0 saturated carbocycles. The number of para-hydroxylation sites is 1. The van der Waals surface area contributed by atoms with Gasteiger partial charge in [-0.15, -0.1) is 0 Å². The lowest BCUT2D eigenvalue weighted by Crippen LogP contribution is -2.49. The maximum Gasteiger partial charge on any atom is 0.239 e. The fraction of sp³-hybridized carbons (Fsp3) is 0.271. The molecule has 3 aliphatic heterocycles. The molecular weight excluding hydrogens is 830 g/mol. The molecule has 7 aromatic rings.